The Kier molecular flexibility index (Phi) is 8.65. The van der Waals surface area contributed by atoms with Crippen LogP contribution in [0.15, 0.2) is 48.5 Å². The van der Waals surface area contributed by atoms with Crippen LogP contribution in [-0.4, -0.2) is 36.0 Å². The first-order valence-corrected chi connectivity index (χ1v) is 10.2. The molecule has 2 aromatic carbocycles. The molecule has 0 bridgehead atoms. The number of halogens is 3. The van der Waals surface area contributed by atoms with Crippen LogP contribution in [0.3, 0.4) is 0 Å². The third-order valence-corrected chi connectivity index (χ3v) is 5.09. The van der Waals surface area contributed by atoms with E-state index in [4.69, 9.17) is 4.74 Å². The third-order valence-electron chi connectivity index (χ3n) is 5.09. The highest BCUT2D eigenvalue weighted by molar-refractivity contribution is 6.00. The van der Waals surface area contributed by atoms with Crippen molar-refractivity contribution in [3.8, 4) is 0 Å². The van der Waals surface area contributed by atoms with Crippen molar-refractivity contribution in [3.63, 3.8) is 0 Å². The van der Waals surface area contributed by atoms with E-state index in [0.717, 1.165) is 5.56 Å². The molecule has 0 aliphatic carbocycles. The van der Waals surface area contributed by atoms with Gasteiger partial charge in [-0.1, -0.05) is 42.8 Å². The number of benzene rings is 2. The first-order chi connectivity index (χ1) is 15.0. The number of rotatable bonds is 9. The molecule has 174 valence electrons. The van der Waals surface area contributed by atoms with Crippen LogP contribution in [0.25, 0.3) is 0 Å². The van der Waals surface area contributed by atoms with Gasteiger partial charge in [0.15, 0.2) is 6.10 Å². The minimum Gasteiger partial charge on any atom is -0.481 e. The molecular formula is C23H27F3N2O4. The summed E-state index contributed by atoms with van der Waals surface area (Å²) in [5.41, 5.74) is 2.07. The molecule has 0 aliphatic rings. The lowest BCUT2D eigenvalue weighted by molar-refractivity contribution is -0.235. The minimum absolute atomic E-state index is 0.173. The van der Waals surface area contributed by atoms with Crippen LogP contribution in [0.2, 0.25) is 0 Å². The molecule has 32 heavy (non-hydrogen) atoms. The monoisotopic (exact) mass is 452 g/mol. The number of urea groups is 1. The summed E-state index contributed by atoms with van der Waals surface area (Å²) in [6.45, 7) is 4.49. The molecular weight excluding hydrogens is 425 g/mol. The molecule has 2 unspecified atom stereocenters. The molecule has 0 fully saturated rings. The number of ether oxygens (including phenoxy) is 1. The summed E-state index contributed by atoms with van der Waals surface area (Å²) in [6, 6.07) is 12.7. The number of carboxylic acids is 1. The molecule has 3 N–H and O–H groups in total. The quantitative estimate of drug-likeness (QED) is 0.449. The van der Waals surface area contributed by atoms with Crippen molar-refractivity contribution in [1.29, 1.82) is 0 Å². The second kappa shape index (κ2) is 11.0. The first kappa shape index (κ1) is 25.2. The minimum atomic E-state index is -4.67. The van der Waals surface area contributed by atoms with Crippen molar-refractivity contribution in [3.05, 3.63) is 59.7 Å². The van der Waals surface area contributed by atoms with Gasteiger partial charge in [0.2, 0.25) is 0 Å². The molecule has 0 aliphatic heterocycles. The van der Waals surface area contributed by atoms with E-state index in [1.54, 1.807) is 24.3 Å². The van der Waals surface area contributed by atoms with Crippen LogP contribution in [0.1, 0.15) is 37.3 Å². The Morgan fingerprint density at radius 2 is 1.69 bits per heavy atom. The van der Waals surface area contributed by atoms with Gasteiger partial charge >= 0.3 is 18.2 Å². The van der Waals surface area contributed by atoms with Crippen LogP contribution in [0.4, 0.5) is 29.3 Å². The van der Waals surface area contributed by atoms with Crippen molar-refractivity contribution in [2.24, 2.45) is 5.92 Å². The molecule has 9 heteroatoms. The lowest BCUT2D eigenvalue weighted by Gasteiger charge is -2.32. The van der Waals surface area contributed by atoms with Crippen LogP contribution in [0.5, 0.6) is 0 Å². The number of nitrogens with one attached hydrogen (secondary N) is 2. The topological polar surface area (TPSA) is 87.7 Å². The summed E-state index contributed by atoms with van der Waals surface area (Å²) in [5.74, 6) is -3.52. The molecule has 6 nitrogen and oxygen atoms in total. The number of carboxylic acid groups (broad SMARTS) is 1. The zero-order valence-corrected chi connectivity index (χ0v) is 18.1. The van der Waals surface area contributed by atoms with Crippen molar-refractivity contribution >= 4 is 23.4 Å². The lowest BCUT2D eigenvalue weighted by atomic mass is 9.80. The average molecular weight is 452 g/mol. The van der Waals surface area contributed by atoms with Crippen LogP contribution in [-0.2, 0) is 9.53 Å². The second-order valence-corrected chi connectivity index (χ2v) is 7.51. The Bertz CT molecular complexity index is 916. The van der Waals surface area contributed by atoms with Gasteiger partial charge in [0.05, 0.1) is 6.42 Å². The standard InChI is InChI=1S/C23H27F3N2O4/c1-4-32-21(23(24,25)26)15(3)18(13-20(29)30)17-7-5-6-8-19(17)28-22(31)27-16-11-9-14(2)10-12-16/h5-12,15,18,21H,4,13H2,1-3H3,(H,29,30)(H2,27,28,31)/t15?,18?,21-/m1/s1. The molecule has 0 saturated heterocycles. The highest BCUT2D eigenvalue weighted by Gasteiger charge is 2.47. The number of carbonyl (C=O) groups is 2. The van der Waals surface area contributed by atoms with E-state index in [1.807, 2.05) is 19.1 Å². The van der Waals surface area contributed by atoms with Gasteiger partial charge in [-0.2, -0.15) is 13.2 Å². The summed E-state index contributed by atoms with van der Waals surface area (Å²) < 4.78 is 45.7. The first-order valence-electron chi connectivity index (χ1n) is 10.2. The number of carbonyl (C=O) groups excluding carboxylic acids is 1. The van der Waals surface area contributed by atoms with Gasteiger partial charge in [-0.3, -0.25) is 4.79 Å². The smallest absolute Gasteiger partial charge is 0.414 e. The van der Waals surface area contributed by atoms with Gasteiger partial charge in [-0.05, 0) is 43.5 Å². The third kappa shape index (κ3) is 6.98. The fraction of sp³-hybridized carbons (Fsp3) is 0.391. The molecule has 0 saturated carbocycles. The number of para-hydroxylation sites is 1. The van der Waals surface area contributed by atoms with E-state index in [-0.39, 0.29) is 17.9 Å². The summed E-state index contributed by atoms with van der Waals surface area (Å²) in [7, 11) is 0. The number of alkyl halides is 3. The predicted octanol–water partition coefficient (Wildman–Crippen LogP) is 5.80. The SMILES string of the molecule is CCO[C@H](C(C)C(CC(=O)O)c1ccccc1NC(=O)Nc1ccc(C)cc1)C(F)(F)F. The number of anilines is 2. The fourth-order valence-electron chi connectivity index (χ4n) is 3.56. The largest absolute Gasteiger partial charge is 0.481 e. The molecule has 2 amide bonds. The Hall–Kier alpha value is -3.07. The number of aryl methyl sites for hydroxylation is 1. The number of hydrogen-bond acceptors (Lipinski definition) is 3. The predicted molar refractivity (Wildman–Crippen MR) is 116 cm³/mol. The number of aliphatic carboxylic acids is 1. The van der Waals surface area contributed by atoms with Gasteiger partial charge in [-0.25, -0.2) is 4.79 Å². The molecule has 0 radical (unpaired) electrons. The zero-order valence-electron chi connectivity index (χ0n) is 18.1. The normalized spacial score (nSPS) is 14.3. The summed E-state index contributed by atoms with van der Waals surface area (Å²) in [5, 5.41) is 14.7. The van der Waals surface area contributed by atoms with Gasteiger partial charge < -0.3 is 20.5 Å². The van der Waals surface area contributed by atoms with Crippen molar-refractivity contribution < 1.29 is 32.6 Å². The lowest BCUT2D eigenvalue weighted by Crippen LogP contribution is -2.40. The summed E-state index contributed by atoms with van der Waals surface area (Å²) >= 11 is 0. The zero-order chi connectivity index (χ0) is 23.9. The Balaban J connectivity index is 2.33. The van der Waals surface area contributed by atoms with Crippen molar-refractivity contribution in [1.82, 2.24) is 0 Å². The average Bonchev–Trinajstić information content (AvgIpc) is 2.71. The second-order valence-electron chi connectivity index (χ2n) is 7.51. The fourth-order valence-corrected chi connectivity index (χ4v) is 3.56. The number of hydrogen-bond donors (Lipinski definition) is 3. The van der Waals surface area contributed by atoms with E-state index in [0.29, 0.717) is 5.69 Å². The van der Waals surface area contributed by atoms with E-state index < -0.39 is 42.5 Å². The maximum absolute atomic E-state index is 13.6. The van der Waals surface area contributed by atoms with Gasteiger partial charge in [0, 0.05) is 23.9 Å². The van der Waals surface area contributed by atoms with Crippen LogP contribution in [0, 0.1) is 12.8 Å². The van der Waals surface area contributed by atoms with Gasteiger partial charge in [0.1, 0.15) is 0 Å². The van der Waals surface area contributed by atoms with Crippen molar-refractivity contribution in [2.75, 3.05) is 17.2 Å². The summed E-state index contributed by atoms with van der Waals surface area (Å²) in [6.07, 6.45) is -7.37. The molecule has 2 rings (SSSR count). The Labute approximate surface area is 184 Å². The van der Waals surface area contributed by atoms with Gasteiger partial charge in [-0.15, -0.1) is 0 Å². The Morgan fingerprint density at radius 1 is 1.06 bits per heavy atom. The molecule has 0 aromatic heterocycles. The highest BCUT2D eigenvalue weighted by atomic mass is 19.4. The summed E-state index contributed by atoms with van der Waals surface area (Å²) in [4.78, 5) is 24.0. The Morgan fingerprint density at radius 3 is 2.25 bits per heavy atom. The molecule has 2 aromatic rings. The number of amides is 2. The van der Waals surface area contributed by atoms with E-state index >= 15 is 0 Å². The highest BCUT2D eigenvalue weighted by Crippen LogP contribution is 2.40. The van der Waals surface area contributed by atoms with Crippen LogP contribution < -0.4 is 10.6 Å². The van der Waals surface area contributed by atoms with E-state index in [2.05, 4.69) is 10.6 Å². The van der Waals surface area contributed by atoms with Crippen LogP contribution >= 0.6 is 0 Å². The van der Waals surface area contributed by atoms with E-state index in [1.165, 1.54) is 26.0 Å². The maximum Gasteiger partial charge on any atom is 0.414 e. The van der Waals surface area contributed by atoms with Crippen molar-refractivity contribution in [2.45, 2.75) is 45.4 Å². The molecule has 0 heterocycles. The molecule has 0 spiro atoms. The molecule has 3 atom stereocenters. The maximum atomic E-state index is 13.6. The van der Waals surface area contributed by atoms with Gasteiger partial charge in [0.25, 0.3) is 0 Å². The van der Waals surface area contributed by atoms with E-state index in [9.17, 15) is 27.9 Å².